The van der Waals surface area contributed by atoms with Crippen molar-refractivity contribution in [2.24, 2.45) is 10.2 Å². The fourth-order valence-electron chi connectivity index (χ4n) is 0.629. The largest absolute Gasteiger partial charge is 0.635 e. The van der Waals surface area contributed by atoms with Crippen LogP contribution >= 0.6 is 0 Å². The second kappa shape index (κ2) is 2.49. The fraction of sp³-hybridized carbons (Fsp3) is 0.500. The van der Waals surface area contributed by atoms with E-state index < -0.39 is 13.0 Å². The van der Waals surface area contributed by atoms with Crippen LogP contribution in [0.5, 0.6) is 0 Å². The molecule has 0 aromatic rings. The first-order chi connectivity index (χ1) is 4.62. The van der Waals surface area contributed by atoms with Crippen LogP contribution in [0.2, 0.25) is 0 Å². The molecule has 0 spiro atoms. The van der Waals surface area contributed by atoms with Crippen molar-refractivity contribution in [2.75, 3.05) is 0 Å². The van der Waals surface area contributed by atoms with Crippen LogP contribution in [-0.4, -0.2) is 23.1 Å². The van der Waals surface area contributed by atoms with Crippen molar-refractivity contribution in [2.45, 2.75) is 12.6 Å². The first kappa shape index (κ1) is 7.39. The fourth-order valence-corrected chi connectivity index (χ4v) is 0.629. The molecule has 0 saturated carbocycles. The Balaban J connectivity index is 2.53. The van der Waals surface area contributed by atoms with Crippen molar-refractivity contribution < 1.29 is 14.7 Å². The summed E-state index contributed by atoms with van der Waals surface area (Å²) < 4.78 is 4.56. The number of hydrogen-bond donors (Lipinski definition) is 2. The lowest BCUT2D eigenvalue weighted by atomic mass is 10.2. The first-order valence-corrected chi connectivity index (χ1v) is 2.76. The molecule has 54 valence electrons. The van der Waals surface area contributed by atoms with E-state index in [1.54, 1.807) is 6.92 Å². The van der Waals surface area contributed by atoms with Crippen LogP contribution in [0.15, 0.2) is 22.5 Å². The highest BCUT2D eigenvalue weighted by atomic mass is 16.6. The highest BCUT2D eigenvalue weighted by molar-refractivity contribution is 6.32. The van der Waals surface area contributed by atoms with Crippen LogP contribution in [0.4, 0.5) is 0 Å². The molecule has 1 unspecified atom stereocenters. The minimum atomic E-state index is -1.81. The number of hydrogen-bond acceptors (Lipinski definition) is 5. The minimum Gasteiger partial charge on any atom is -0.402 e. The Morgan fingerprint density at radius 1 is 1.60 bits per heavy atom. The maximum absolute atomic E-state index is 8.38. The van der Waals surface area contributed by atoms with Gasteiger partial charge in [-0.15, -0.1) is 0 Å². The van der Waals surface area contributed by atoms with Crippen LogP contribution in [0.25, 0.3) is 0 Å². The molecule has 1 rings (SSSR count). The third kappa shape index (κ3) is 1.63. The summed E-state index contributed by atoms with van der Waals surface area (Å²) >= 11 is 0. The second-order valence-corrected chi connectivity index (χ2v) is 2.03. The van der Waals surface area contributed by atoms with Gasteiger partial charge in [-0.3, -0.25) is 0 Å². The van der Waals surface area contributed by atoms with E-state index in [1.165, 1.54) is 12.3 Å². The molecule has 1 heterocycles. The van der Waals surface area contributed by atoms with Crippen molar-refractivity contribution in [3.63, 3.8) is 0 Å². The summed E-state index contributed by atoms with van der Waals surface area (Å²) in [6, 6.07) is 0. The lowest BCUT2D eigenvalue weighted by Crippen LogP contribution is -2.31. The van der Waals surface area contributed by atoms with Gasteiger partial charge in [-0.05, 0) is 13.0 Å². The molecule has 0 amide bonds. The monoisotopic (exact) mass is 142 g/mol. The van der Waals surface area contributed by atoms with E-state index >= 15 is 0 Å². The van der Waals surface area contributed by atoms with E-state index in [1.807, 2.05) is 0 Å². The molecule has 1 aliphatic rings. The Morgan fingerprint density at radius 3 is 2.70 bits per heavy atom. The quantitative estimate of drug-likeness (QED) is 0.518. The van der Waals surface area contributed by atoms with Gasteiger partial charge in [0.15, 0.2) is 5.72 Å². The van der Waals surface area contributed by atoms with Gasteiger partial charge in [-0.25, -0.2) is 0 Å². The third-order valence-electron chi connectivity index (χ3n) is 1.05. The summed E-state index contributed by atoms with van der Waals surface area (Å²) in [5.41, 5.74) is -1.01. The highest BCUT2D eigenvalue weighted by Gasteiger charge is 2.29. The van der Waals surface area contributed by atoms with Gasteiger partial charge in [-0.1, -0.05) is 0 Å². The second-order valence-electron chi connectivity index (χ2n) is 2.03. The van der Waals surface area contributed by atoms with Gasteiger partial charge in [0.2, 0.25) is 0 Å². The maximum Gasteiger partial charge on any atom is 0.635 e. The van der Waals surface area contributed by atoms with E-state index in [2.05, 4.69) is 14.9 Å². The summed E-state index contributed by atoms with van der Waals surface area (Å²) in [4.78, 5) is 0. The topological polar surface area (TPSA) is 74.4 Å². The average Bonchev–Trinajstić information content (AvgIpc) is 2.12. The van der Waals surface area contributed by atoms with Crippen LogP contribution < -0.4 is 0 Å². The molecular formula is C4H7BN2O3. The normalized spacial score (nSPS) is 29.5. The molecule has 0 radical (unpaired) electrons. The highest BCUT2D eigenvalue weighted by Crippen LogP contribution is 2.19. The molecule has 0 bridgehead atoms. The summed E-state index contributed by atoms with van der Waals surface area (Å²) in [5.74, 6) is 0. The zero-order valence-electron chi connectivity index (χ0n) is 5.43. The SMILES string of the molecule is CC1(OB(O)O)C=CN=N1. The van der Waals surface area contributed by atoms with Gasteiger partial charge in [0.25, 0.3) is 0 Å². The molecule has 0 fully saturated rings. The predicted octanol–water partition coefficient (Wildman–Crippen LogP) is -0.332. The molecule has 2 N–H and O–H groups in total. The van der Waals surface area contributed by atoms with Crippen molar-refractivity contribution >= 4 is 7.32 Å². The van der Waals surface area contributed by atoms with E-state index in [-0.39, 0.29) is 0 Å². The Morgan fingerprint density at radius 2 is 2.30 bits per heavy atom. The lowest BCUT2D eigenvalue weighted by molar-refractivity contribution is 0.0787. The standard InChI is InChI=1S/C4H7BN2O3/c1-4(10-5(8)9)2-3-6-7-4/h2-3,8-9H,1H3. The van der Waals surface area contributed by atoms with Gasteiger partial charge in [-0.2, -0.15) is 10.2 Å². The molecule has 0 saturated heterocycles. The van der Waals surface area contributed by atoms with Crippen LogP contribution in [-0.2, 0) is 4.65 Å². The van der Waals surface area contributed by atoms with Crippen LogP contribution in [0, 0.1) is 0 Å². The van der Waals surface area contributed by atoms with E-state index in [9.17, 15) is 0 Å². The Hall–Kier alpha value is -0.715. The molecule has 0 aromatic heterocycles. The molecule has 5 nitrogen and oxygen atoms in total. The van der Waals surface area contributed by atoms with Gasteiger partial charge in [0.05, 0.1) is 6.20 Å². The summed E-state index contributed by atoms with van der Waals surface area (Å²) in [6.45, 7) is 1.57. The van der Waals surface area contributed by atoms with Gasteiger partial charge in [0, 0.05) is 0 Å². The zero-order valence-corrected chi connectivity index (χ0v) is 5.43. The van der Waals surface area contributed by atoms with Gasteiger partial charge < -0.3 is 14.7 Å². The van der Waals surface area contributed by atoms with Crippen LogP contribution in [0.1, 0.15) is 6.92 Å². The number of azo groups is 1. The maximum atomic E-state index is 8.38. The average molecular weight is 142 g/mol. The lowest BCUT2D eigenvalue weighted by Gasteiger charge is -2.16. The molecule has 0 aromatic carbocycles. The first-order valence-electron chi connectivity index (χ1n) is 2.76. The Kier molecular flexibility index (Phi) is 1.84. The van der Waals surface area contributed by atoms with Gasteiger partial charge >= 0.3 is 7.32 Å². The summed E-state index contributed by atoms with van der Waals surface area (Å²) in [5, 5.41) is 23.8. The Labute approximate surface area is 58.2 Å². The van der Waals surface area contributed by atoms with Crippen LogP contribution in [0.3, 0.4) is 0 Å². The third-order valence-corrected chi connectivity index (χ3v) is 1.05. The molecule has 0 aliphatic carbocycles. The van der Waals surface area contributed by atoms with E-state index in [0.717, 1.165) is 0 Å². The summed E-state index contributed by atoms with van der Waals surface area (Å²) in [7, 11) is -1.81. The Bertz CT molecular complexity index is 167. The molecule has 10 heavy (non-hydrogen) atoms. The van der Waals surface area contributed by atoms with E-state index in [4.69, 9.17) is 10.0 Å². The zero-order chi connectivity index (χ0) is 7.61. The minimum absolute atomic E-state index is 1.01. The van der Waals surface area contributed by atoms with Gasteiger partial charge in [0.1, 0.15) is 0 Å². The molecule has 1 atom stereocenters. The summed E-state index contributed by atoms with van der Waals surface area (Å²) in [6.07, 6.45) is 2.95. The molecular weight excluding hydrogens is 135 g/mol. The van der Waals surface area contributed by atoms with E-state index in [0.29, 0.717) is 0 Å². The van der Waals surface area contributed by atoms with Crippen molar-refractivity contribution in [3.8, 4) is 0 Å². The smallest absolute Gasteiger partial charge is 0.402 e. The molecule has 6 heteroatoms. The molecule has 1 aliphatic heterocycles. The predicted molar refractivity (Wildman–Crippen MR) is 33.7 cm³/mol. The van der Waals surface area contributed by atoms with Crippen molar-refractivity contribution in [1.29, 1.82) is 0 Å². The number of rotatable bonds is 2. The van der Waals surface area contributed by atoms with Crippen molar-refractivity contribution in [1.82, 2.24) is 0 Å². The number of nitrogens with zero attached hydrogens (tertiary/aromatic N) is 2. The van der Waals surface area contributed by atoms with Crippen molar-refractivity contribution in [3.05, 3.63) is 12.3 Å².